The highest BCUT2D eigenvalue weighted by atomic mass is 19.1. The summed E-state index contributed by atoms with van der Waals surface area (Å²) in [6, 6.07) is 21.5. The predicted octanol–water partition coefficient (Wildman–Crippen LogP) is 3.62. The zero-order valence-corrected chi connectivity index (χ0v) is 18.8. The van der Waals surface area contributed by atoms with Crippen LogP contribution in [0.3, 0.4) is 0 Å². The Bertz CT molecular complexity index is 1370. The highest BCUT2D eigenvalue weighted by molar-refractivity contribution is 6.20. The van der Waals surface area contributed by atoms with Crippen molar-refractivity contribution in [2.75, 3.05) is 13.7 Å². The van der Waals surface area contributed by atoms with E-state index in [0.717, 1.165) is 11.3 Å². The monoisotopic (exact) mass is 468 g/mol. The standard InChI is InChI=1S/C27H21FN4O3/c1-35-20-12-6-17(7-13-20)14-15-30-27(34)23(16-29)24-21-4-2-3-5-22(21)25(31-24)32-26(33)18-8-10-19(28)11-9-18/h2-13H,14-15H2,1H3,(H,30,34)(H,31,32,33)/b24-23-. The normalized spacial score (nSPS) is 13.2. The molecular formula is C27H21FN4O3. The molecule has 3 aromatic carbocycles. The molecule has 4 rings (SSSR count). The molecule has 174 valence electrons. The van der Waals surface area contributed by atoms with Gasteiger partial charge in [-0.15, -0.1) is 0 Å². The third kappa shape index (κ3) is 5.25. The van der Waals surface area contributed by atoms with Crippen molar-refractivity contribution < 1.29 is 18.7 Å². The summed E-state index contributed by atoms with van der Waals surface area (Å²) in [5.41, 5.74) is 2.42. The number of carbonyl (C=O) groups is 2. The number of nitriles is 1. The molecule has 0 unspecified atom stereocenters. The third-order valence-electron chi connectivity index (χ3n) is 5.43. The molecule has 2 N–H and O–H groups in total. The summed E-state index contributed by atoms with van der Waals surface area (Å²) in [7, 11) is 1.59. The number of methoxy groups -OCH3 is 1. The van der Waals surface area contributed by atoms with E-state index in [9.17, 15) is 19.2 Å². The number of amidine groups is 1. The number of nitrogens with zero attached hydrogens (tertiary/aromatic N) is 2. The summed E-state index contributed by atoms with van der Waals surface area (Å²) in [5.74, 6) is -0.534. The van der Waals surface area contributed by atoms with E-state index in [1.807, 2.05) is 30.3 Å². The molecule has 0 fully saturated rings. The minimum absolute atomic E-state index is 0.154. The number of aliphatic imine (C=N–C) groups is 1. The van der Waals surface area contributed by atoms with Gasteiger partial charge in [0.2, 0.25) is 0 Å². The molecule has 0 saturated carbocycles. The highest BCUT2D eigenvalue weighted by Crippen LogP contribution is 2.30. The molecule has 0 spiro atoms. The Morgan fingerprint density at radius 2 is 1.69 bits per heavy atom. The maximum atomic E-state index is 13.2. The SMILES string of the molecule is COc1ccc(CCNC(=O)/C(C#N)=C2\N=C(NC(=O)c3ccc(F)cc3)c3ccccc32)cc1. The van der Waals surface area contributed by atoms with Crippen molar-refractivity contribution in [1.82, 2.24) is 10.6 Å². The van der Waals surface area contributed by atoms with Gasteiger partial charge in [-0.05, 0) is 48.4 Å². The molecule has 0 aliphatic carbocycles. The van der Waals surface area contributed by atoms with Crippen LogP contribution < -0.4 is 15.4 Å². The second kappa shape index (κ2) is 10.4. The highest BCUT2D eigenvalue weighted by Gasteiger charge is 2.27. The van der Waals surface area contributed by atoms with E-state index in [2.05, 4.69) is 15.6 Å². The minimum atomic E-state index is -0.555. The Hall–Kier alpha value is -4.77. The van der Waals surface area contributed by atoms with E-state index >= 15 is 0 Å². The lowest BCUT2D eigenvalue weighted by atomic mass is 10.0. The Labute approximate surface area is 201 Å². The van der Waals surface area contributed by atoms with Crippen molar-refractivity contribution in [1.29, 1.82) is 5.26 Å². The molecule has 0 radical (unpaired) electrons. The Morgan fingerprint density at radius 3 is 2.34 bits per heavy atom. The summed E-state index contributed by atoms with van der Waals surface area (Å²) in [4.78, 5) is 29.9. The maximum Gasteiger partial charge on any atom is 0.264 e. The van der Waals surface area contributed by atoms with Gasteiger partial charge in [0.15, 0.2) is 0 Å². The molecular weight excluding hydrogens is 447 g/mol. The van der Waals surface area contributed by atoms with Crippen LogP contribution in [0.15, 0.2) is 83.4 Å². The van der Waals surface area contributed by atoms with Crippen molar-refractivity contribution in [3.63, 3.8) is 0 Å². The summed E-state index contributed by atoms with van der Waals surface area (Å²) in [5, 5.41) is 15.2. The lowest BCUT2D eigenvalue weighted by Gasteiger charge is -2.07. The topological polar surface area (TPSA) is 104 Å². The number of rotatable bonds is 6. The van der Waals surface area contributed by atoms with E-state index in [-0.39, 0.29) is 22.7 Å². The number of nitrogens with one attached hydrogen (secondary N) is 2. The summed E-state index contributed by atoms with van der Waals surface area (Å²) >= 11 is 0. The smallest absolute Gasteiger partial charge is 0.264 e. The molecule has 1 heterocycles. The van der Waals surface area contributed by atoms with Crippen LogP contribution in [0.1, 0.15) is 27.0 Å². The van der Waals surface area contributed by atoms with Gasteiger partial charge in [-0.2, -0.15) is 5.26 Å². The van der Waals surface area contributed by atoms with Crippen LogP contribution in [0.25, 0.3) is 5.70 Å². The number of benzene rings is 3. The van der Waals surface area contributed by atoms with Gasteiger partial charge in [-0.1, -0.05) is 36.4 Å². The predicted molar refractivity (Wildman–Crippen MR) is 129 cm³/mol. The number of hydrogen-bond donors (Lipinski definition) is 2. The van der Waals surface area contributed by atoms with Crippen molar-refractivity contribution in [2.45, 2.75) is 6.42 Å². The molecule has 2 amide bonds. The zero-order chi connectivity index (χ0) is 24.8. The molecule has 1 aliphatic rings. The number of ether oxygens (including phenoxy) is 1. The van der Waals surface area contributed by atoms with Crippen molar-refractivity contribution in [2.24, 2.45) is 4.99 Å². The summed E-state index contributed by atoms with van der Waals surface area (Å²) in [6.45, 7) is 0.323. The average molecular weight is 468 g/mol. The molecule has 1 aliphatic heterocycles. The number of carbonyl (C=O) groups excluding carboxylic acids is 2. The van der Waals surface area contributed by atoms with Crippen LogP contribution in [-0.4, -0.2) is 31.3 Å². The molecule has 0 saturated heterocycles. The lowest BCUT2D eigenvalue weighted by Crippen LogP contribution is -2.30. The van der Waals surface area contributed by atoms with Gasteiger partial charge in [0.25, 0.3) is 11.8 Å². The minimum Gasteiger partial charge on any atom is -0.497 e. The molecule has 7 nitrogen and oxygen atoms in total. The number of hydrogen-bond acceptors (Lipinski definition) is 5. The maximum absolute atomic E-state index is 13.2. The Morgan fingerprint density at radius 1 is 1.00 bits per heavy atom. The van der Waals surface area contributed by atoms with Gasteiger partial charge in [-0.3, -0.25) is 9.59 Å². The molecule has 3 aromatic rings. The second-order valence-corrected chi connectivity index (χ2v) is 7.66. The van der Waals surface area contributed by atoms with Crippen LogP contribution in [0.4, 0.5) is 4.39 Å². The van der Waals surface area contributed by atoms with Crippen LogP contribution in [-0.2, 0) is 11.2 Å². The van der Waals surface area contributed by atoms with Gasteiger partial charge in [-0.25, -0.2) is 9.38 Å². The van der Waals surface area contributed by atoms with Crippen molar-refractivity contribution in [3.8, 4) is 11.8 Å². The third-order valence-corrected chi connectivity index (χ3v) is 5.43. The van der Waals surface area contributed by atoms with Gasteiger partial charge >= 0.3 is 0 Å². The first-order valence-electron chi connectivity index (χ1n) is 10.8. The quantitative estimate of drug-likeness (QED) is 0.426. The van der Waals surface area contributed by atoms with Crippen molar-refractivity contribution >= 4 is 23.3 Å². The molecule has 0 aromatic heterocycles. The first-order valence-corrected chi connectivity index (χ1v) is 10.8. The van der Waals surface area contributed by atoms with E-state index in [0.29, 0.717) is 24.1 Å². The summed E-state index contributed by atoms with van der Waals surface area (Å²) in [6.07, 6.45) is 0.572. The van der Waals surface area contributed by atoms with Gasteiger partial charge in [0.05, 0.1) is 12.8 Å². The number of halogens is 1. The lowest BCUT2D eigenvalue weighted by molar-refractivity contribution is -0.117. The van der Waals surface area contributed by atoms with E-state index in [1.54, 1.807) is 31.4 Å². The number of amides is 2. The molecule has 35 heavy (non-hydrogen) atoms. The van der Waals surface area contributed by atoms with Crippen LogP contribution in [0, 0.1) is 17.1 Å². The van der Waals surface area contributed by atoms with Gasteiger partial charge in [0, 0.05) is 23.2 Å². The molecule has 0 bridgehead atoms. The molecule has 8 heteroatoms. The van der Waals surface area contributed by atoms with Crippen LogP contribution >= 0.6 is 0 Å². The van der Waals surface area contributed by atoms with Gasteiger partial charge < -0.3 is 15.4 Å². The largest absolute Gasteiger partial charge is 0.497 e. The summed E-state index contributed by atoms with van der Waals surface area (Å²) < 4.78 is 18.3. The second-order valence-electron chi connectivity index (χ2n) is 7.66. The zero-order valence-electron chi connectivity index (χ0n) is 18.8. The molecule has 0 atom stereocenters. The fourth-order valence-corrected chi connectivity index (χ4v) is 3.61. The van der Waals surface area contributed by atoms with Gasteiger partial charge in [0.1, 0.15) is 29.0 Å². The van der Waals surface area contributed by atoms with E-state index < -0.39 is 17.6 Å². The fourth-order valence-electron chi connectivity index (χ4n) is 3.61. The Kier molecular flexibility index (Phi) is 6.98. The average Bonchev–Trinajstić information content (AvgIpc) is 3.23. The fraction of sp³-hybridized carbons (Fsp3) is 0.111. The number of fused-ring (bicyclic) bond motifs is 1. The Balaban J connectivity index is 1.53. The first-order chi connectivity index (χ1) is 17.0. The van der Waals surface area contributed by atoms with Crippen LogP contribution in [0.5, 0.6) is 5.75 Å². The van der Waals surface area contributed by atoms with E-state index in [1.165, 1.54) is 24.3 Å². The van der Waals surface area contributed by atoms with Crippen LogP contribution in [0.2, 0.25) is 0 Å². The first kappa shape index (κ1) is 23.4. The van der Waals surface area contributed by atoms with Crippen molar-refractivity contribution in [3.05, 3.63) is 106 Å². The van der Waals surface area contributed by atoms with E-state index in [4.69, 9.17) is 4.74 Å².